The minimum absolute atomic E-state index is 0.160. The molecule has 0 spiro atoms. The van der Waals surface area contributed by atoms with Crippen LogP contribution in [0, 0.1) is 11.8 Å². The van der Waals surface area contributed by atoms with Crippen molar-refractivity contribution in [2.75, 3.05) is 24.5 Å². The van der Waals surface area contributed by atoms with E-state index in [2.05, 4.69) is 46.1 Å². The predicted molar refractivity (Wildman–Crippen MR) is 144 cm³/mol. The Bertz CT molecular complexity index is 1080. The molecule has 1 saturated heterocycles. The first kappa shape index (κ1) is 24.1. The summed E-state index contributed by atoms with van der Waals surface area (Å²) in [6.07, 6.45) is 14.4. The molecule has 35 heavy (non-hydrogen) atoms. The first-order valence-corrected chi connectivity index (χ1v) is 13.7. The number of aryl methyl sites for hydroxylation is 1. The fraction of sp³-hybridized carbons (Fsp3) is 0.533. The number of piperidine rings is 1. The molecule has 5 rings (SSSR count). The summed E-state index contributed by atoms with van der Waals surface area (Å²) in [4.78, 5) is 26.0. The minimum Gasteiger partial charge on any atom is -0.361 e. The number of rotatable bonds is 8. The highest BCUT2D eigenvalue weighted by Crippen LogP contribution is 2.29. The van der Waals surface area contributed by atoms with Crippen LogP contribution in [-0.4, -0.2) is 46.5 Å². The van der Waals surface area contributed by atoms with Crippen molar-refractivity contribution in [3.63, 3.8) is 0 Å². The van der Waals surface area contributed by atoms with E-state index in [0.29, 0.717) is 6.04 Å². The van der Waals surface area contributed by atoms with Gasteiger partial charge in [-0.3, -0.25) is 14.6 Å². The van der Waals surface area contributed by atoms with Gasteiger partial charge in [0.15, 0.2) is 0 Å². The second-order valence-corrected chi connectivity index (χ2v) is 10.7. The van der Waals surface area contributed by atoms with Crippen LogP contribution in [0.15, 0.2) is 54.9 Å². The molecule has 2 fully saturated rings. The van der Waals surface area contributed by atoms with Crippen molar-refractivity contribution in [2.45, 2.75) is 70.8 Å². The maximum absolute atomic E-state index is 13.5. The third-order valence-electron chi connectivity index (χ3n) is 8.37. The van der Waals surface area contributed by atoms with Crippen LogP contribution in [0.4, 0.5) is 5.82 Å². The fourth-order valence-electron chi connectivity index (χ4n) is 6.17. The first-order valence-electron chi connectivity index (χ1n) is 13.7. The first-order chi connectivity index (χ1) is 17.2. The number of H-pyrrole nitrogens is 1. The molecule has 1 aromatic carbocycles. The average Bonchev–Trinajstić information content (AvgIpc) is 3.41. The van der Waals surface area contributed by atoms with Crippen LogP contribution < -0.4 is 4.90 Å². The summed E-state index contributed by atoms with van der Waals surface area (Å²) >= 11 is 0. The van der Waals surface area contributed by atoms with Gasteiger partial charge in [0.05, 0.1) is 0 Å². The number of anilines is 1. The van der Waals surface area contributed by atoms with Gasteiger partial charge < -0.3 is 4.98 Å². The highest BCUT2D eigenvalue weighted by atomic mass is 16.2. The fourth-order valence-corrected chi connectivity index (χ4v) is 6.17. The number of carbonyl (C=O) groups excluding carboxylic acids is 1. The number of likely N-dealkylation sites (tertiary alicyclic amines) is 1. The largest absolute Gasteiger partial charge is 0.361 e. The number of hydrogen-bond donors (Lipinski definition) is 1. The Morgan fingerprint density at radius 2 is 1.89 bits per heavy atom. The third kappa shape index (κ3) is 5.78. The van der Waals surface area contributed by atoms with Gasteiger partial charge in [-0.2, -0.15) is 0 Å². The predicted octanol–water partition coefficient (Wildman–Crippen LogP) is 6.21. The number of fused-ring (bicyclic) bond motifs is 1. The lowest BCUT2D eigenvalue weighted by molar-refractivity contribution is -0.123. The minimum atomic E-state index is 0.160. The standard InChI is InChI=1S/C30H40N4O/c1-23(22-34(29-12-5-6-18-32-29)30(35)26-8-3-2-4-9-26)33-20-16-24(17-21-33)13-14-25-10-7-11-28-27(25)15-19-31-28/h5-7,10-12,15,18-19,23-24,26,31H,2-4,8-9,13-14,16-17,20-22H2,1H3/t23-/m1/s1. The van der Waals surface area contributed by atoms with E-state index >= 15 is 0 Å². The second kappa shape index (κ2) is 11.4. The number of hydrogen-bond acceptors (Lipinski definition) is 3. The topological polar surface area (TPSA) is 52.2 Å². The number of benzene rings is 1. The molecule has 3 heterocycles. The average molecular weight is 473 g/mol. The molecule has 0 radical (unpaired) electrons. The number of pyridine rings is 1. The van der Waals surface area contributed by atoms with Gasteiger partial charge in [-0.25, -0.2) is 4.98 Å². The highest BCUT2D eigenvalue weighted by Gasteiger charge is 2.31. The van der Waals surface area contributed by atoms with E-state index in [-0.39, 0.29) is 11.8 Å². The van der Waals surface area contributed by atoms with Gasteiger partial charge in [0, 0.05) is 41.8 Å². The molecule has 1 aliphatic heterocycles. The summed E-state index contributed by atoms with van der Waals surface area (Å²) in [5.41, 5.74) is 2.71. The van der Waals surface area contributed by atoms with Crippen LogP contribution in [0.5, 0.6) is 0 Å². The molecular formula is C30H40N4O. The van der Waals surface area contributed by atoms with Crippen molar-refractivity contribution < 1.29 is 4.79 Å². The zero-order chi connectivity index (χ0) is 24.0. The molecule has 1 saturated carbocycles. The van der Waals surface area contributed by atoms with Gasteiger partial charge >= 0.3 is 0 Å². The summed E-state index contributed by atoms with van der Waals surface area (Å²) in [6.45, 7) is 5.26. The number of amides is 1. The molecule has 5 nitrogen and oxygen atoms in total. The maximum Gasteiger partial charge on any atom is 0.231 e. The zero-order valence-electron chi connectivity index (χ0n) is 21.2. The maximum atomic E-state index is 13.5. The Labute approximate surface area is 209 Å². The van der Waals surface area contributed by atoms with Crippen LogP contribution in [-0.2, 0) is 11.2 Å². The van der Waals surface area contributed by atoms with Crippen LogP contribution in [0.3, 0.4) is 0 Å². The van der Waals surface area contributed by atoms with Gasteiger partial charge in [-0.15, -0.1) is 0 Å². The monoisotopic (exact) mass is 472 g/mol. The Kier molecular flexibility index (Phi) is 7.82. The molecule has 0 unspecified atom stereocenters. The molecule has 1 atom stereocenters. The van der Waals surface area contributed by atoms with Crippen molar-refractivity contribution in [3.05, 3.63) is 60.4 Å². The Balaban J connectivity index is 1.16. The number of nitrogens with zero attached hydrogens (tertiary/aromatic N) is 3. The molecule has 0 bridgehead atoms. The van der Waals surface area contributed by atoms with Gasteiger partial charge in [-0.1, -0.05) is 37.5 Å². The van der Waals surface area contributed by atoms with Crippen LogP contribution in [0.1, 0.15) is 63.9 Å². The molecule has 1 N–H and O–H groups in total. The van der Waals surface area contributed by atoms with Gasteiger partial charge in [0.1, 0.15) is 5.82 Å². The summed E-state index contributed by atoms with van der Waals surface area (Å²) < 4.78 is 0. The molecule has 2 aliphatic rings. The van der Waals surface area contributed by atoms with E-state index < -0.39 is 0 Å². The number of aromatic amines is 1. The van der Waals surface area contributed by atoms with E-state index in [1.807, 2.05) is 29.3 Å². The van der Waals surface area contributed by atoms with Crippen LogP contribution in [0.25, 0.3) is 10.9 Å². The molecule has 2 aromatic heterocycles. The second-order valence-electron chi connectivity index (χ2n) is 10.7. The van der Waals surface area contributed by atoms with E-state index in [1.54, 1.807) is 6.20 Å². The Hall–Kier alpha value is -2.66. The lowest BCUT2D eigenvalue weighted by Gasteiger charge is -2.39. The van der Waals surface area contributed by atoms with Crippen LogP contribution in [0.2, 0.25) is 0 Å². The lowest BCUT2D eigenvalue weighted by Crippen LogP contribution is -2.49. The summed E-state index contributed by atoms with van der Waals surface area (Å²) in [5, 5.41) is 1.37. The Morgan fingerprint density at radius 1 is 1.06 bits per heavy atom. The van der Waals surface area contributed by atoms with Crippen molar-refractivity contribution in [3.8, 4) is 0 Å². The van der Waals surface area contributed by atoms with Crippen molar-refractivity contribution in [2.24, 2.45) is 11.8 Å². The summed E-state index contributed by atoms with van der Waals surface area (Å²) in [5.74, 6) is 2.03. The van der Waals surface area contributed by atoms with Gasteiger partial charge in [0.2, 0.25) is 5.91 Å². The highest BCUT2D eigenvalue weighted by molar-refractivity contribution is 5.94. The normalized spacial score (nSPS) is 19.1. The van der Waals surface area contributed by atoms with Crippen molar-refractivity contribution >= 4 is 22.6 Å². The summed E-state index contributed by atoms with van der Waals surface area (Å²) in [7, 11) is 0. The third-order valence-corrected chi connectivity index (χ3v) is 8.37. The van der Waals surface area contributed by atoms with E-state index in [9.17, 15) is 4.79 Å². The number of nitrogens with one attached hydrogen (secondary N) is 1. The molecule has 1 aliphatic carbocycles. The molecule has 186 valence electrons. The van der Waals surface area contributed by atoms with E-state index in [0.717, 1.165) is 50.6 Å². The zero-order valence-corrected chi connectivity index (χ0v) is 21.2. The smallest absolute Gasteiger partial charge is 0.231 e. The number of aromatic nitrogens is 2. The van der Waals surface area contributed by atoms with Crippen LogP contribution >= 0.6 is 0 Å². The van der Waals surface area contributed by atoms with Crippen molar-refractivity contribution in [1.29, 1.82) is 0 Å². The van der Waals surface area contributed by atoms with Gasteiger partial charge in [-0.05, 0) is 94.3 Å². The summed E-state index contributed by atoms with van der Waals surface area (Å²) in [6, 6.07) is 15.1. The van der Waals surface area contributed by atoms with E-state index in [1.165, 1.54) is 55.0 Å². The van der Waals surface area contributed by atoms with E-state index in [4.69, 9.17) is 0 Å². The lowest BCUT2D eigenvalue weighted by atomic mass is 9.88. The Morgan fingerprint density at radius 3 is 2.66 bits per heavy atom. The molecular weight excluding hydrogens is 432 g/mol. The number of carbonyl (C=O) groups is 1. The molecule has 3 aromatic rings. The quantitative estimate of drug-likeness (QED) is 0.424. The van der Waals surface area contributed by atoms with Crippen molar-refractivity contribution in [1.82, 2.24) is 14.9 Å². The molecule has 1 amide bonds. The molecule has 5 heteroatoms. The van der Waals surface area contributed by atoms with Gasteiger partial charge in [0.25, 0.3) is 0 Å². The SMILES string of the molecule is C[C@H](CN(C(=O)C1CCCCC1)c1ccccn1)N1CCC(CCc2cccc3[nH]ccc23)CC1.